The first kappa shape index (κ1) is 29.8. The number of H-pyrrole nitrogens is 1. The molecule has 2 aromatic carbocycles. The average molecular weight is 562 g/mol. The molecule has 1 aromatic heterocycles. The van der Waals surface area contributed by atoms with E-state index in [-0.39, 0.29) is 18.8 Å². The Balaban J connectivity index is 1.51. The summed E-state index contributed by atoms with van der Waals surface area (Å²) in [5.41, 5.74) is 8.98. The van der Waals surface area contributed by atoms with Crippen LogP contribution in [0.25, 0.3) is 10.9 Å². The standard InChI is InChI=1S/C31H39N5O5/c1-19(2)15-26(30(39)36-14-8-13-27(36)31(40)41)35-29(38)25(16-20-9-4-3-5-10-20)34-28(37)23(32)17-21-18-33-24-12-7-6-11-22(21)24/h3-7,9-12,18-19,23,25-27,33H,8,13-17,32H2,1-2H3,(H,34,37)(H,35,38)(H,40,41). The van der Waals surface area contributed by atoms with Gasteiger partial charge in [0.15, 0.2) is 0 Å². The van der Waals surface area contributed by atoms with Gasteiger partial charge in [-0.2, -0.15) is 0 Å². The van der Waals surface area contributed by atoms with Crippen molar-refractivity contribution in [3.05, 3.63) is 71.9 Å². The van der Waals surface area contributed by atoms with E-state index in [2.05, 4.69) is 15.6 Å². The van der Waals surface area contributed by atoms with Crippen LogP contribution in [0, 0.1) is 5.92 Å². The number of hydrogen-bond acceptors (Lipinski definition) is 5. The van der Waals surface area contributed by atoms with Crippen molar-refractivity contribution in [1.29, 1.82) is 0 Å². The highest BCUT2D eigenvalue weighted by atomic mass is 16.4. The zero-order valence-corrected chi connectivity index (χ0v) is 23.5. The molecule has 1 saturated heterocycles. The van der Waals surface area contributed by atoms with Gasteiger partial charge < -0.3 is 31.4 Å². The minimum absolute atomic E-state index is 0.0573. The number of carboxylic acid groups (broad SMARTS) is 1. The van der Waals surface area contributed by atoms with Crippen LogP contribution in [0.3, 0.4) is 0 Å². The number of carboxylic acids is 1. The molecule has 10 heteroatoms. The lowest BCUT2D eigenvalue weighted by atomic mass is 9.99. The van der Waals surface area contributed by atoms with Crippen LogP contribution in [0.4, 0.5) is 0 Å². The van der Waals surface area contributed by atoms with E-state index in [1.807, 2.05) is 74.6 Å². The van der Waals surface area contributed by atoms with Gasteiger partial charge >= 0.3 is 5.97 Å². The van der Waals surface area contributed by atoms with Gasteiger partial charge in [-0.25, -0.2) is 4.79 Å². The summed E-state index contributed by atoms with van der Waals surface area (Å²) in [5, 5.41) is 16.2. The molecule has 0 bridgehead atoms. The summed E-state index contributed by atoms with van der Waals surface area (Å²) in [6.07, 6.45) is 3.60. The van der Waals surface area contributed by atoms with Gasteiger partial charge in [0.2, 0.25) is 17.7 Å². The van der Waals surface area contributed by atoms with Crippen LogP contribution in [0.2, 0.25) is 0 Å². The molecule has 3 amide bonds. The molecule has 6 N–H and O–H groups in total. The van der Waals surface area contributed by atoms with Crippen molar-refractivity contribution in [3.8, 4) is 0 Å². The normalized spacial score (nSPS) is 17.3. The van der Waals surface area contributed by atoms with Crippen molar-refractivity contribution in [2.45, 2.75) is 70.1 Å². The van der Waals surface area contributed by atoms with Crippen molar-refractivity contribution in [1.82, 2.24) is 20.5 Å². The van der Waals surface area contributed by atoms with Crippen LogP contribution in [-0.4, -0.2) is 69.4 Å². The molecule has 218 valence electrons. The summed E-state index contributed by atoms with van der Waals surface area (Å²) in [5.74, 6) is -2.42. The second-order valence-electron chi connectivity index (χ2n) is 11.1. The Hall–Kier alpha value is -4.18. The number of benzene rings is 2. The molecule has 1 fully saturated rings. The van der Waals surface area contributed by atoms with Crippen LogP contribution in [-0.2, 0) is 32.0 Å². The van der Waals surface area contributed by atoms with Gasteiger partial charge in [-0.05, 0) is 48.8 Å². The topological polar surface area (TPSA) is 158 Å². The summed E-state index contributed by atoms with van der Waals surface area (Å²) in [6, 6.07) is 13.3. The Morgan fingerprint density at radius 3 is 2.37 bits per heavy atom. The maximum Gasteiger partial charge on any atom is 0.326 e. The molecule has 3 aromatic rings. The number of amides is 3. The molecule has 4 atom stereocenters. The van der Waals surface area contributed by atoms with E-state index >= 15 is 0 Å². The summed E-state index contributed by atoms with van der Waals surface area (Å²) < 4.78 is 0. The second-order valence-corrected chi connectivity index (χ2v) is 11.1. The number of nitrogens with one attached hydrogen (secondary N) is 3. The van der Waals surface area contributed by atoms with E-state index in [1.54, 1.807) is 0 Å². The molecule has 0 spiro atoms. The minimum atomic E-state index is -1.05. The SMILES string of the molecule is CC(C)CC(NC(=O)C(Cc1ccccc1)NC(=O)C(N)Cc1c[nH]c2ccccc12)C(=O)N1CCCC1C(=O)O. The van der Waals surface area contributed by atoms with Crippen molar-refractivity contribution in [3.63, 3.8) is 0 Å². The highest BCUT2D eigenvalue weighted by Crippen LogP contribution is 2.21. The number of para-hydroxylation sites is 1. The fourth-order valence-corrected chi connectivity index (χ4v) is 5.42. The van der Waals surface area contributed by atoms with Gasteiger partial charge in [0.25, 0.3) is 0 Å². The van der Waals surface area contributed by atoms with Gasteiger partial charge in [0, 0.05) is 30.1 Å². The first-order valence-electron chi connectivity index (χ1n) is 14.1. The zero-order chi connectivity index (χ0) is 29.5. The van der Waals surface area contributed by atoms with Crippen molar-refractivity contribution >= 4 is 34.6 Å². The van der Waals surface area contributed by atoms with E-state index in [0.29, 0.717) is 25.8 Å². The number of likely N-dealkylation sites (tertiary alicyclic amines) is 1. The third-order valence-corrected chi connectivity index (χ3v) is 7.51. The molecule has 1 aliphatic heterocycles. The van der Waals surface area contributed by atoms with Crippen molar-refractivity contribution < 1.29 is 24.3 Å². The number of nitrogens with two attached hydrogens (primary N) is 1. The number of rotatable bonds is 12. The van der Waals surface area contributed by atoms with E-state index in [1.165, 1.54) is 4.90 Å². The van der Waals surface area contributed by atoms with Crippen molar-refractivity contribution in [2.24, 2.45) is 11.7 Å². The Kier molecular flexibility index (Phi) is 9.78. The largest absolute Gasteiger partial charge is 0.480 e. The molecular weight excluding hydrogens is 522 g/mol. The summed E-state index contributed by atoms with van der Waals surface area (Å²) in [4.78, 5) is 56.6. The summed E-state index contributed by atoms with van der Waals surface area (Å²) >= 11 is 0. The number of nitrogens with zero attached hydrogens (tertiary/aromatic N) is 1. The van der Waals surface area contributed by atoms with Gasteiger partial charge in [-0.3, -0.25) is 14.4 Å². The van der Waals surface area contributed by atoms with Crippen LogP contribution in [0.5, 0.6) is 0 Å². The summed E-state index contributed by atoms with van der Waals surface area (Å²) in [7, 11) is 0. The maximum atomic E-state index is 13.7. The molecule has 10 nitrogen and oxygen atoms in total. The predicted molar refractivity (Wildman–Crippen MR) is 156 cm³/mol. The molecular formula is C31H39N5O5. The van der Waals surface area contributed by atoms with Crippen LogP contribution in [0.15, 0.2) is 60.8 Å². The number of aliphatic carboxylic acids is 1. The van der Waals surface area contributed by atoms with Crippen LogP contribution in [0.1, 0.15) is 44.2 Å². The first-order chi connectivity index (χ1) is 19.6. The molecule has 1 aliphatic rings. The number of aromatic nitrogens is 1. The Morgan fingerprint density at radius 2 is 1.66 bits per heavy atom. The highest BCUT2D eigenvalue weighted by molar-refractivity contribution is 5.94. The monoisotopic (exact) mass is 561 g/mol. The lowest BCUT2D eigenvalue weighted by Gasteiger charge is -2.30. The first-order valence-corrected chi connectivity index (χ1v) is 14.1. The molecule has 4 unspecified atom stereocenters. The quantitative estimate of drug-likeness (QED) is 0.228. The van der Waals surface area contributed by atoms with Gasteiger partial charge in [0.1, 0.15) is 18.1 Å². The fraction of sp³-hybridized carbons (Fsp3) is 0.419. The molecule has 0 saturated carbocycles. The minimum Gasteiger partial charge on any atom is -0.480 e. The second kappa shape index (κ2) is 13.5. The van der Waals surface area contributed by atoms with E-state index < -0.39 is 47.9 Å². The van der Waals surface area contributed by atoms with Crippen molar-refractivity contribution in [2.75, 3.05) is 6.54 Å². The number of carbonyl (C=O) groups is 4. The third-order valence-electron chi connectivity index (χ3n) is 7.51. The molecule has 2 heterocycles. The lowest BCUT2D eigenvalue weighted by Crippen LogP contribution is -2.58. The zero-order valence-electron chi connectivity index (χ0n) is 23.5. The van der Waals surface area contributed by atoms with E-state index in [4.69, 9.17) is 5.73 Å². The molecule has 0 radical (unpaired) electrons. The number of aromatic amines is 1. The molecule has 0 aliphatic carbocycles. The summed E-state index contributed by atoms with van der Waals surface area (Å²) in [6.45, 7) is 4.18. The van der Waals surface area contributed by atoms with Gasteiger partial charge in [-0.15, -0.1) is 0 Å². The number of fused-ring (bicyclic) bond motifs is 1. The molecule has 4 rings (SSSR count). The fourth-order valence-electron chi connectivity index (χ4n) is 5.42. The molecule has 41 heavy (non-hydrogen) atoms. The average Bonchev–Trinajstić information content (AvgIpc) is 3.60. The maximum absolute atomic E-state index is 13.7. The lowest BCUT2D eigenvalue weighted by molar-refractivity contribution is -0.149. The van der Waals surface area contributed by atoms with E-state index in [0.717, 1.165) is 22.0 Å². The third kappa shape index (κ3) is 7.52. The predicted octanol–water partition coefficient (Wildman–Crippen LogP) is 2.37. The Morgan fingerprint density at radius 1 is 0.976 bits per heavy atom. The van der Waals surface area contributed by atoms with Gasteiger partial charge in [0.05, 0.1) is 6.04 Å². The smallest absolute Gasteiger partial charge is 0.326 e. The number of hydrogen-bond donors (Lipinski definition) is 5. The van der Waals surface area contributed by atoms with Crippen LogP contribution < -0.4 is 16.4 Å². The number of carbonyl (C=O) groups excluding carboxylic acids is 3. The van der Waals surface area contributed by atoms with Crippen LogP contribution >= 0.6 is 0 Å². The van der Waals surface area contributed by atoms with Gasteiger partial charge in [-0.1, -0.05) is 62.4 Å². The Labute approximate surface area is 239 Å². The Bertz CT molecular complexity index is 1370. The highest BCUT2D eigenvalue weighted by Gasteiger charge is 2.38. The van der Waals surface area contributed by atoms with E-state index in [9.17, 15) is 24.3 Å².